The molecule has 0 aromatic heterocycles. The van der Waals surface area contributed by atoms with Gasteiger partial charge in [-0.1, -0.05) is 27.7 Å². The minimum absolute atomic E-state index is 0.315. The van der Waals surface area contributed by atoms with E-state index in [2.05, 4.69) is 33.0 Å². The molecule has 0 unspecified atom stereocenters. The first-order chi connectivity index (χ1) is 6.48. The zero-order chi connectivity index (χ0) is 11.0. The van der Waals surface area contributed by atoms with Gasteiger partial charge in [0.15, 0.2) is 0 Å². The Kier molecular flexibility index (Phi) is 7.20. The molecule has 0 amide bonds. The average Bonchev–Trinajstić information content (AvgIpc) is 2.09. The summed E-state index contributed by atoms with van der Waals surface area (Å²) >= 11 is 0. The van der Waals surface area contributed by atoms with E-state index in [9.17, 15) is 0 Å². The number of nitrogens with one attached hydrogen (secondary N) is 1. The topological polar surface area (TPSA) is 32.3 Å². The first-order valence-electron chi connectivity index (χ1n) is 5.79. The van der Waals surface area contributed by atoms with E-state index in [1.165, 1.54) is 6.42 Å². The summed E-state index contributed by atoms with van der Waals surface area (Å²) in [5.74, 6) is 0.781. The molecule has 2 N–H and O–H groups in total. The smallest absolute Gasteiger partial charge is 0.0431 e. The summed E-state index contributed by atoms with van der Waals surface area (Å²) in [6.45, 7) is 11.5. The minimum atomic E-state index is 0.315. The van der Waals surface area contributed by atoms with Crippen LogP contribution < -0.4 is 5.32 Å². The van der Waals surface area contributed by atoms with Gasteiger partial charge in [-0.25, -0.2) is 0 Å². The SMILES string of the molecule is CC(C)CCNCC(C)(C)CCCO. The largest absolute Gasteiger partial charge is 0.396 e. The van der Waals surface area contributed by atoms with Crippen molar-refractivity contribution in [3.63, 3.8) is 0 Å². The van der Waals surface area contributed by atoms with Gasteiger partial charge >= 0.3 is 0 Å². The van der Waals surface area contributed by atoms with E-state index in [0.29, 0.717) is 12.0 Å². The van der Waals surface area contributed by atoms with E-state index >= 15 is 0 Å². The lowest BCUT2D eigenvalue weighted by atomic mass is 9.88. The van der Waals surface area contributed by atoms with Crippen LogP contribution in [0.25, 0.3) is 0 Å². The lowest BCUT2D eigenvalue weighted by molar-refractivity contribution is 0.236. The van der Waals surface area contributed by atoms with Crippen LogP contribution in [0.1, 0.15) is 47.0 Å². The Morgan fingerprint density at radius 2 is 1.93 bits per heavy atom. The van der Waals surface area contributed by atoms with Crippen LogP contribution in [-0.4, -0.2) is 24.8 Å². The lowest BCUT2D eigenvalue weighted by Gasteiger charge is -2.25. The van der Waals surface area contributed by atoms with Gasteiger partial charge in [0.1, 0.15) is 0 Å². The quantitative estimate of drug-likeness (QED) is 0.591. The molecule has 0 bridgehead atoms. The highest BCUT2D eigenvalue weighted by atomic mass is 16.2. The Hall–Kier alpha value is -0.0800. The maximum absolute atomic E-state index is 8.75. The van der Waals surface area contributed by atoms with Crippen LogP contribution in [0.2, 0.25) is 0 Å². The fourth-order valence-electron chi connectivity index (χ4n) is 1.46. The Balaban J connectivity index is 3.44. The molecule has 0 aliphatic rings. The number of aliphatic hydroxyl groups is 1. The Labute approximate surface area is 89.1 Å². The maximum Gasteiger partial charge on any atom is 0.0431 e. The van der Waals surface area contributed by atoms with Crippen molar-refractivity contribution >= 4 is 0 Å². The van der Waals surface area contributed by atoms with Crippen LogP contribution in [-0.2, 0) is 0 Å². The van der Waals surface area contributed by atoms with Gasteiger partial charge in [0.25, 0.3) is 0 Å². The summed E-state index contributed by atoms with van der Waals surface area (Å²) in [5.41, 5.74) is 0.319. The average molecular weight is 201 g/mol. The third-order valence-electron chi connectivity index (χ3n) is 2.51. The summed E-state index contributed by atoms with van der Waals surface area (Å²) < 4.78 is 0. The molecule has 0 aliphatic carbocycles. The number of hydrogen-bond acceptors (Lipinski definition) is 2. The van der Waals surface area contributed by atoms with Gasteiger partial charge in [0.2, 0.25) is 0 Å². The molecule has 0 atom stereocenters. The van der Waals surface area contributed by atoms with Crippen molar-refractivity contribution in [3.05, 3.63) is 0 Å². The van der Waals surface area contributed by atoms with Gasteiger partial charge in [-0.2, -0.15) is 0 Å². The highest BCUT2D eigenvalue weighted by Crippen LogP contribution is 2.20. The molecule has 0 saturated heterocycles. The fraction of sp³-hybridized carbons (Fsp3) is 1.00. The van der Waals surface area contributed by atoms with E-state index < -0.39 is 0 Å². The van der Waals surface area contributed by atoms with E-state index in [0.717, 1.165) is 31.8 Å². The fourth-order valence-corrected chi connectivity index (χ4v) is 1.46. The van der Waals surface area contributed by atoms with Crippen LogP contribution in [0, 0.1) is 11.3 Å². The van der Waals surface area contributed by atoms with Crippen LogP contribution in [0.3, 0.4) is 0 Å². The van der Waals surface area contributed by atoms with Gasteiger partial charge in [0, 0.05) is 13.2 Å². The molecule has 14 heavy (non-hydrogen) atoms. The number of aliphatic hydroxyl groups excluding tert-OH is 1. The monoisotopic (exact) mass is 201 g/mol. The van der Waals surface area contributed by atoms with Crippen molar-refractivity contribution in [2.75, 3.05) is 19.7 Å². The van der Waals surface area contributed by atoms with Crippen LogP contribution in [0.4, 0.5) is 0 Å². The van der Waals surface area contributed by atoms with E-state index in [1.54, 1.807) is 0 Å². The van der Waals surface area contributed by atoms with Crippen molar-refractivity contribution in [3.8, 4) is 0 Å². The molecule has 0 heterocycles. The summed E-state index contributed by atoms with van der Waals surface area (Å²) in [4.78, 5) is 0. The van der Waals surface area contributed by atoms with Crippen LogP contribution in [0.15, 0.2) is 0 Å². The standard InChI is InChI=1S/C12H27NO/c1-11(2)6-8-13-10-12(3,4)7-5-9-14/h11,13-14H,5-10H2,1-4H3. The molecule has 0 aromatic carbocycles. The Morgan fingerprint density at radius 1 is 1.29 bits per heavy atom. The third-order valence-corrected chi connectivity index (χ3v) is 2.51. The van der Waals surface area contributed by atoms with Gasteiger partial charge in [0.05, 0.1) is 0 Å². The third kappa shape index (κ3) is 8.52. The first kappa shape index (κ1) is 13.9. The molecule has 0 aliphatic heterocycles. The second-order valence-corrected chi connectivity index (χ2v) is 5.35. The maximum atomic E-state index is 8.75. The normalized spacial score (nSPS) is 12.4. The van der Waals surface area contributed by atoms with Crippen molar-refractivity contribution in [2.24, 2.45) is 11.3 Å². The van der Waals surface area contributed by atoms with Gasteiger partial charge in [-0.3, -0.25) is 0 Å². The molecule has 0 rings (SSSR count). The molecular formula is C12H27NO. The van der Waals surface area contributed by atoms with Crippen molar-refractivity contribution < 1.29 is 5.11 Å². The minimum Gasteiger partial charge on any atom is -0.396 e. The predicted molar refractivity (Wildman–Crippen MR) is 62.4 cm³/mol. The Bertz CT molecular complexity index is 132. The highest BCUT2D eigenvalue weighted by Gasteiger charge is 2.16. The molecule has 2 nitrogen and oxygen atoms in total. The summed E-state index contributed by atoms with van der Waals surface area (Å²) in [7, 11) is 0. The van der Waals surface area contributed by atoms with E-state index in [4.69, 9.17) is 5.11 Å². The molecule has 0 radical (unpaired) electrons. The predicted octanol–water partition coefficient (Wildman–Crippen LogP) is 2.42. The number of rotatable bonds is 8. The van der Waals surface area contributed by atoms with Crippen LogP contribution >= 0.6 is 0 Å². The number of hydrogen-bond donors (Lipinski definition) is 2. The summed E-state index contributed by atoms with van der Waals surface area (Å²) in [6, 6.07) is 0. The van der Waals surface area contributed by atoms with Crippen molar-refractivity contribution in [2.45, 2.75) is 47.0 Å². The van der Waals surface area contributed by atoms with Crippen molar-refractivity contribution in [1.29, 1.82) is 0 Å². The second-order valence-electron chi connectivity index (χ2n) is 5.35. The van der Waals surface area contributed by atoms with E-state index in [1.807, 2.05) is 0 Å². The highest BCUT2D eigenvalue weighted by molar-refractivity contribution is 4.71. The molecular weight excluding hydrogens is 174 g/mol. The molecule has 0 aromatic rings. The van der Waals surface area contributed by atoms with E-state index in [-0.39, 0.29) is 0 Å². The molecule has 2 heteroatoms. The zero-order valence-corrected chi connectivity index (χ0v) is 10.3. The van der Waals surface area contributed by atoms with Crippen LogP contribution in [0.5, 0.6) is 0 Å². The molecule has 0 fully saturated rings. The molecule has 0 spiro atoms. The first-order valence-corrected chi connectivity index (χ1v) is 5.79. The van der Waals surface area contributed by atoms with Crippen molar-refractivity contribution in [1.82, 2.24) is 5.32 Å². The molecule has 86 valence electrons. The second kappa shape index (κ2) is 7.24. The van der Waals surface area contributed by atoms with Gasteiger partial charge in [-0.05, 0) is 37.1 Å². The van der Waals surface area contributed by atoms with Gasteiger partial charge in [-0.15, -0.1) is 0 Å². The molecule has 0 saturated carbocycles. The zero-order valence-electron chi connectivity index (χ0n) is 10.3. The summed E-state index contributed by atoms with van der Waals surface area (Å²) in [6.07, 6.45) is 3.26. The Morgan fingerprint density at radius 3 is 2.43 bits per heavy atom. The lowest BCUT2D eigenvalue weighted by Crippen LogP contribution is -2.30. The summed E-state index contributed by atoms with van der Waals surface area (Å²) in [5, 5.41) is 12.2. The van der Waals surface area contributed by atoms with Gasteiger partial charge < -0.3 is 10.4 Å².